The molecule has 3 aromatic carbocycles. The monoisotopic (exact) mass is 661 g/mol. The summed E-state index contributed by atoms with van der Waals surface area (Å²) < 4.78 is 18.9. The highest BCUT2D eigenvalue weighted by Crippen LogP contribution is 2.28. The summed E-state index contributed by atoms with van der Waals surface area (Å²) in [5.41, 5.74) is 4.70. The van der Waals surface area contributed by atoms with Crippen LogP contribution in [0.25, 0.3) is 11.3 Å². The van der Waals surface area contributed by atoms with Gasteiger partial charge < -0.3 is 10.2 Å². The summed E-state index contributed by atoms with van der Waals surface area (Å²) in [6.45, 7) is 2.31. The van der Waals surface area contributed by atoms with Gasteiger partial charge in [-0.1, -0.05) is 23.7 Å². The van der Waals surface area contributed by atoms with Crippen molar-refractivity contribution < 1.29 is 14.0 Å². The summed E-state index contributed by atoms with van der Waals surface area (Å²) in [5.74, 6) is -0.798. The number of nitrogens with zero attached hydrogens (tertiary/aromatic N) is 4. The first-order valence-corrected chi connectivity index (χ1v) is 14.8. The van der Waals surface area contributed by atoms with Crippen molar-refractivity contribution in [2.75, 3.05) is 13.6 Å². The minimum Gasteiger partial charge on any atom is -0.355 e. The van der Waals surface area contributed by atoms with E-state index in [1.165, 1.54) is 6.07 Å². The number of benzene rings is 3. The number of rotatable bonds is 5. The molecule has 2 aromatic heterocycles. The van der Waals surface area contributed by atoms with Gasteiger partial charge in [0.2, 0.25) is 0 Å². The Labute approximate surface area is 259 Å². The normalized spacial score (nSPS) is 12.8. The first-order valence-electron chi connectivity index (χ1n) is 13.6. The van der Waals surface area contributed by atoms with Crippen molar-refractivity contribution in [2.45, 2.75) is 26.3 Å². The summed E-state index contributed by atoms with van der Waals surface area (Å²) >= 11 is 9.61. The highest BCUT2D eigenvalue weighted by molar-refractivity contribution is 9.10. The second kappa shape index (κ2) is 11.4. The largest absolute Gasteiger partial charge is 0.355 e. The van der Waals surface area contributed by atoms with E-state index in [9.17, 15) is 18.8 Å². The molecular weight excluding hydrogens is 637 g/mol. The van der Waals surface area contributed by atoms with Crippen LogP contribution in [0.3, 0.4) is 0 Å². The fraction of sp³-hybridized carbons (Fsp3) is 0.188. The van der Waals surface area contributed by atoms with Gasteiger partial charge in [-0.2, -0.15) is 5.10 Å². The van der Waals surface area contributed by atoms with Crippen molar-refractivity contribution in [3.8, 4) is 5.69 Å². The van der Waals surface area contributed by atoms with Crippen molar-refractivity contribution in [1.29, 1.82) is 0 Å². The Morgan fingerprint density at radius 2 is 1.79 bits per heavy atom. The molecule has 0 fully saturated rings. The molecule has 5 aromatic rings. The van der Waals surface area contributed by atoms with Crippen molar-refractivity contribution in [3.05, 3.63) is 132 Å². The van der Waals surface area contributed by atoms with Gasteiger partial charge in [0.15, 0.2) is 0 Å². The predicted octanol–water partition coefficient (Wildman–Crippen LogP) is 5.50. The van der Waals surface area contributed by atoms with Crippen LogP contribution in [-0.4, -0.2) is 44.5 Å². The van der Waals surface area contributed by atoms with Crippen LogP contribution in [0.5, 0.6) is 0 Å². The van der Waals surface area contributed by atoms with Crippen LogP contribution in [0.2, 0.25) is 5.02 Å². The van der Waals surface area contributed by atoms with Crippen molar-refractivity contribution in [3.63, 3.8) is 0 Å². The molecule has 0 unspecified atom stereocenters. The smallest absolute Gasteiger partial charge is 0.261 e. The van der Waals surface area contributed by atoms with Crippen LogP contribution >= 0.6 is 27.5 Å². The maximum atomic E-state index is 14.9. The van der Waals surface area contributed by atoms with E-state index in [4.69, 9.17) is 11.6 Å². The zero-order valence-corrected chi connectivity index (χ0v) is 25.7. The van der Waals surface area contributed by atoms with Gasteiger partial charge in [-0.3, -0.25) is 19.0 Å². The van der Waals surface area contributed by atoms with Gasteiger partial charge in [0.05, 0.1) is 29.1 Å². The molecule has 0 atom stereocenters. The van der Waals surface area contributed by atoms with Crippen LogP contribution < -0.4 is 10.9 Å². The lowest BCUT2D eigenvalue weighted by atomic mass is 10.0. The number of carbonyl (C=O) groups excluding carboxylic acids is 2. The molecule has 0 bridgehead atoms. The van der Waals surface area contributed by atoms with Gasteiger partial charge in [-0.25, -0.2) is 8.91 Å². The summed E-state index contributed by atoms with van der Waals surface area (Å²) in [4.78, 5) is 41.5. The lowest BCUT2D eigenvalue weighted by molar-refractivity contribution is 0.0729. The molecule has 0 saturated heterocycles. The molecule has 8 nitrogen and oxygen atoms in total. The molecule has 2 amide bonds. The maximum absolute atomic E-state index is 14.9. The van der Waals surface area contributed by atoms with E-state index >= 15 is 0 Å². The van der Waals surface area contributed by atoms with E-state index in [2.05, 4.69) is 26.3 Å². The number of hydrogen-bond donors (Lipinski definition) is 1. The summed E-state index contributed by atoms with van der Waals surface area (Å²) in [7, 11) is 1.55. The fourth-order valence-electron chi connectivity index (χ4n) is 5.47. The molecule has 0 spiro atoms. The van der Waals surface area contributed by atoms with E-state index in [0.29, 0.717) is 67.3 Å². The first kappa shape index (κ1) is 28.8. The summed E-state index contributed by atoms with van der Waals surface area (Å²) in [6, 6.07) is 16.8. The number of fused-ring (bicyclic) bond motifs is 3. The van der Waals surface area contributed by atoms with Gasteiger partial charge in [-0.15, -0.1) is 0 Å². The minimum atomic E-state index is -0.342. The van der Waals surface area contributed by atoms with Crippen LogP contribution in [-0.2, 0) is 19.4 Å². The zero-order valence-electron chi connectivity index (χ0n) is 23.3. The van der Waals surface area contributed by atoms with Gasteiger partial charge in [-0.05, 0) is 88.9 Å². The third kappa shape index (κ3) is 5.25. The predicted molar refractivity (Wildman–Crippen MR) is 166 cm³/mol. The van der Waals surface area contributed by atoms with E-state index in [1.54, 1.807) is 75.8 Å². The highest BCUT2D eigenvalue weighted by atomic mass is 79.9. The first-order chi connectivity index (χ1) is 20.7. The van der Waals surface area contributed by atoms with E-state index in [-0.39, 0.29) is 36.2 Å². The molecule has 11 heteroatoms. The number of hydrogen-bond acceptors (Lipinski definition) is 4. The maximum Gasteiger partial charge on any atom is 0.261 e. The SMILES string of the molecule is CNC(=O)c1ccc(-n2c(=O)c3c(n4ncc(Cc5ccc(C)cc5F)c24)CN(C(=O)c2ccc(Br)c(Cl)c2)CC3)cc1. The number of amides is 2. The lowest BCUT2D eigenvalue weighted by Gasteiger charge is -2.30. The Bertz CT molecular complexity index is 1990. The van der Waals surface area contributed by atoms with Gasteiger partial charge in [0.25, 0.3) is 17.4 Å². The lowest BCUT2D eigenvalue weighted by Crippen LogP contribution is -2.41. The molecule has 218 valence electrons. The average Bonchev–Trinajstić information content (AvgIpc) is 3.42. The highest BCUT2D eigenvalue weighted by Gasteiger charge is 2.29. The molecule has 1 N–H and O–H groups in total. The second-order valence-corrected chi connectivity index (χ2v) is 11.7. The molecule has 0 saturated carbocycles. The molecular formula is C32H26BrClFN5O3. The van der Waals surface area contributed by atoms with Gasteiger partial charge in [0, 0.05) is 46.7 Å². The quantitative estimate of drug-likeness (QED) is 0.270. The van der Waals surface area contributed by atoms with E-state index in [1.807, 2.05) is 13.0 Å². The third-order valence-corrected chi connectivity index (χ3v) is 8.96. The fourth-order valence-corrected chi connectivity index (χ4v) is 5.90. The Hall–Kier alpha value is -4.28. The topological polar surface area (TPSA) is 88.7 Å². The molecule has 0 aliphatic carbocycles. The number of halogens is 3. The van der Waals surface area contributed by atoms with Crippen molar-refractivity contribution in [1.82, 2.24) is 24.4 Å². The standard InChI is InChI=1S/C32H26BrClFN5O3/c1-18-3-4-20(27(35)13-18)14-22-16-37-40-28-17-38(31(42)21-7-10-25(33)26(34)15-21)12-11-24(28)32(43)39(30(22)40)23-8-5-19(6-9-23)29(41)36-2/h3-10,13,15-16H,11-12,14,17H2,1-2H3,(H,36,41). The number of aromatic nitrogens is 3. The van der Waals surface area contributed by atoms with Crippen LogP contribution in [0.4, 0.5) is 4.39 Å². The Morgan fingerprint density at radius 3 is 2.49 bits per heavy atom. The number of nitrogens with one attached hydrogen (secondary N) is 1. The second-order valence-electron chi connectivity index (χ2n) is 10.5. The molecule has 43 heavy (non-hydrogen) atoms. The average molecular weight is 663 g/mol. The summed E-state index contributed by atoms with van der Waals surface area (Å²) in [6.07, 6.45) is 2.15. The number of carbonyl (C=O) groups is 2. The van der Waals surface area contributed by atoms with Gasteiger partial charge in [0.1, 0.15) is 11.5 Å². The Kier molecular flexibility index (Phi) is 7.66. The Morgan fingerprint density at radius 1 is 1.05 bits per heavy atom. The molecule has 6 rings (SSSR count). The Balaban J connectivity index is 1.49. The zero-order chi connectivity index (χ0) is 30.4. The number of aryl methyl sites for hydroxylation is 1. The third-order valence-electron chi connectivity index (χ3n) is 7.72. The minimum absolute atomic E-state index is 0.157. The van der Waals surface area contributed by atoms with Crippen LogP contribution in [0, 0.1) is 12.7 Å². The van der Waals surface area contributed by atoms with Crippen LogP contribution in [0.15, 0.2) is 76.1 Å². The van der Waals surface area contributed by atoms with Gasteiger partial charge >= 0.3 is 0 Å². The molecule has 3 heterocycles. The van der Waals surface area contributed by atoms with Crippen molar-refractivity contribution in [2.24, 2.45) is 0 Å². The van der Waals surface area contributed by atoms with Crippen LogP contribution in [0.1, 0.15) is 48.7 Å². The molecule has 1 aliphatic heterocycles. The van der Waals surface area contributed by atoms with Crippen molar-refractivity contribution >= 4 is 45.0 Å². The van der Waals surface area contributed by atoms with E-state index in [0.717, 1.165) is 5.56 Å². The molecule has 1 aliphatic rings. The van der Waals surface area contributed by atoms with E-state index < -0.39 is 0 Å². The molecule has 0 radical (unpaired) electrons. The summed E-state index contributed by atoms with van der Waals surface area (Å²) in [5, 5.41) is 7.68.